The van der Waals surface area contributed by atoms with Gasteiger partial charge in [-0.2, -0.15) is 0 Å². The van der Waals surface area contributed by atoms with E-state index in [1.165, 1.54) is 0 Å². The molecule has 0 aromatic rings. The average Bonchev–Trinajstić information content (AvgIpc) is 1.41. The number of rotatable bonds is 1. The van der Waals surface area contributed by atoms with Crippen LogP contribution in [-0.4, -0.2) is 23.1 Å². The third-order valence-corrected chi connectivity index (χ3v) is 0.471. The van der Waals surface area contributed by atoms with Crippen molar-refractivity contribution in [2.75, 3.05) is 0 Å². The van der Waals surface area contributed by atoms with Crippen LogP contribution in [-0.2, 0) is 0 Å². The minimum Gasteiger partial charge on any atom is -1.00 e. The van der Waals surface area contributed by atoms with E-state index in [1.807, 2.05) is 6.92 Å². The fourth-order valence-corrected chi connectivity index (χ4v) is 0.236. The minimum atomic E-state index is 0. The number of hydrogen-bond acceptors (Lipinski definition) is 0. The van der Waals surface area contributed by atoms with E-state index < -0.39 is 0 Å². The predicted octanol–water partition coefficient (Wildman–Crippen LogP) is -4.40. The summed E-state index contributed by atoms with van der Waals surface area (Å²) < 4.78 is 0. The van der Waals surface area contributed by atoms with Crippen LogP contribution in [0, 0.1) is 0 Å². The average molecular weight is 165 g/mol. The van der Waals surface area contributed by atoms with E-state index in [0.29, 0.717) is 0 Å². The van der Waals surface area contributed by atoms with Gasteiger partial charge in [-0.15, -0.1) is 0 Å². The minimum absolute atomic E-state index is 0. The monoisotopic (exact) mass is 164 g/mol. The van der Waals surface area contributed by atoms with E-state index in [9.17, 15) is 0 Å². The van der Waals surface area contributed by atoms with Crippen molar-refractivity contribution < 1.29 is 24.8 Å². The van der Waals surface area contributed by atoms with Gasteiger partial charge >= 0.3 is 23.1 Å². The molecule has 0 aliphatic rings. The molecule has 0 N–H and O–H groups in total. The van der Waals surface area contributed by atoms with Crippen LogP contribution < -0.4 is 24.8 Å². The zero-order chi connectivity index (χ0) is 4.12. The van der Waals surface area contributed by atoms with Gasteiger partial charge < -0.3 is 24.8 Å². The molecule has 0 nitrogen and oxygen atoms in total. The fourth-order valence-electron chi connectivity index (χ4n) is 0.236. The van der Waals surface area contributed by atoms with Crippen LogP contribution >= 0.6 is 0 Å². The van der Waals surface area contributed by atoms with Crippen LogP contribution in [0.2, 0.25) is 0 Å². The molecule has 0 spiro atoms. The Labute approximate surface area is 80.1 Å². The third-order valence-electron chi connectivity index (χ3n) is 0.471. The van der Waals surface area contributed by atoms with Gasteiger partial charge in [-0.1, -0.05) is 19.1 Å². The summed E-state index contributed by atoms with van der Waals surface area (Å²) in [5.74, 6) is 0. The Morgan fingerprint density at radius 2 is 1.62 bits per heavy atom. The van der Waals surface area contributed by atoms with Gasteiger partial charge in [0, 0.05) is 0 Å². The summed E-state index contributed by atoms with van der Waals surface area (Å²) >= 11 is 0. The molecular formula is C5H10Cl2Mg. The van der Waals surface area contributed by atoms with Crippen LogP contribution in [0.15, 0.2) is 12.2 Å². The van der Waals surface area contributed by atoms with Crippen molar-refractivity contribution >= 4 is 23.1 Å². The largest absolute Gasteiger partial charge is 2.00 e. The van der Waals surface area contributed by atoms with E-state index in [4.69, 9.17) is 0 Å². The fraction of sp³-hybridized carbons (Fsp3) is 0.600. The first kappa shape index (κ1) is 23.0. The Morgan fingerprint density at radius 3 is 1.62 bits per heavy atom. The second kappa shape index (κ2) is 24.3. The van der Waals surface area contributed by atoms with Gasteiger partial charge in [-0.05, 0) is 13.3 Å². The molecule has 0 aromatic heterocycles. The molecule has 0 radical (unpaired) electrons. The molecule has 0 bridgehead atoms. The Morgan fingerprint density at radius 1 is 1.25 bits per heavy atom. The molecule has 0 aliphatic heterocycles. The molecule has 0 heterocycles. The molecule has 0 aromatic carbocycles. The summed E-state index contributed by atoms with van der Waals surface area (Å²) in [4.78, 5) is 0. The molecule has 0 aliphatic carbocycles. The summed E-state index contributed by atoms with van der Waals surface area (Å²) in [5, 5.41) is 0. The van der Waals surface area contributed by atoms with Gasteiger partial charge in [-0.3, -0.25) is 0 Å². The van der Waals surface area contributed by atoms with Crippen LogP contribution in [0.1, 0.15) is 20.3 Å². The Kier molecular flexibility index (Phi) is 69.8. The molecule has 46 valence electrons. The van der Waals surface area contributed by atoms with Crippen molar-refractivity contribution in [3.05, 3.63) is 12.2 Å². The number of halogens is 2. The molecule has 0 amide bonds. The second-order valence-electron chi connectivity index (χ2n) is 0.977. The predicted molar refractivity (Wildman–Crippen MR) is 30.9 cm³/mol. The molecule has 3 heteroatoms. The molecule has 0 atom stereocenters. The summed E-state index contributed by atoms with van der Waals surface area (Å²) in [5.41, 5.74) is 0. The van der Waals surface area contributed by atoms with Crippen molar-refractivity contribution in [1.29, 1.82) is 0 Å². The van der Waals surface area contributed by atoms with E-state index in [1.54, 1.807) is 0 Å². The Balaban J connectivity index is -0.0000000267. The molecular weight excluding hydrogens is 155 g/mol. The van der Waals surface area contributed by atoms with Crippen molar-refractivity contribution in [2.45, 2.75) is 20.3 Å². The van der Waals surface area contributed by atoms with E-state index in [2.05, 4.69) is 19.1 Å². The first-order chi connectivity index (χ1) is 2.41. The molecule has 0 saturated carbocycles. The summed E-state index contributed by atoms with van der Waals surface area (Å²) in [6.45, 7) is 4.16. The van der Waals surface area contributed by atoms with Gasteiger partial charge in [0.05, 0.1) is 0 Å². The van der Waals surface area contributed by atoms with E-state index in [0.717, 1.165) is 6.42 Å². The Bertz CT molecular complexity index is 37.4. The zero-order valence-electron chi connectivity index (χ0n) is 5.32. The van der Waals surface area contributed by atoms with E-state index >= 15 is 0 Å². The van der Waals surface area contributed by atoms with Gasteiger partial charge in [0.2, 0.25) is 0 Å². The number of hydrogen-bond donors (Lipinski definition) is 0. The van der Waals surface area contributed by atoms with Crippen molar-refractivity contribution in [2.24, 2.45) is 0 Å². The zero-order valence-corrected chi connectivity index (χ0v) is 8.25. The van der Waals surface area contributed by atoms with Gasteiger partial charge in [0.15, 0.2) is 0 Å². The standard InChI is InChI=1S/C5H10.2ClH.Mg/c1-3-5-4-2;;;/h3,5H,4H2,1-2H3;2*1H;/q;;;+2/p-2/b5-3-;;;. The van der Waals surface area contributed by atoms with Gasteiger partial charge in [0.25, 0.3) is 0 Å². The van der Waals surface area contributed by atoms with Crippen molar-refractivity contribution in [3.63, 3.8) is 0 Å². The number of allylic oxidation sites excluding steroid dienone is 2. The van der Waals surface area contributed by atoms with Crippen molar-refractivity contribution in [3.8, 4) is 0 Å². The van der Waals surface area contributed by atoms with Gasteiger partial charge in [-0.25, -0.2) is 0 Å². The van der Waals surface area contributed by atoms with Crippen LogP contribution in [0.25, 0.3) is 0 Å². The maximum Gasteiger partial charge on any atom is 2.00 e. The third kappa shape index (κ3) is 27.6. The summed E-state index contributed by atoms with van der Waals surface area (Å²) in [7, 11) is 0. The second-order valence-corrected chi connectivity index (χ2v) is 0.977. The molecule has 0 saturated heterocycles. The molecule has 0 rings (SSSR count). The quantitative estimate of drug-likeness (QED) is 0.272. The maximum atomic E-state index is 2.12. The van der Waals surface area contributed by atoms with Crippen LogP contribution in [0.3, 0.4) is 0 Å². The molecule has 0 unspecified atom stereocenters. The van der Waals surface area contributed by atoms with Crippen LogP contribution in [0.4, 0.5) is 0 Å². The summed E-state index contributed by atoms with van der Waals surface area (Å²) in [6.07, 6.45) is 5.34. The molecule has 8 heavy (non-hydrogen) atoms. The molecule has 0 fully saturated rings. The SMILES string of the molecule is C/C=C\CC.[Cl-].[Cl-].[Mg+2]. The smallest absolute Gasteiger partial charge is 1.00 e. The summed E-state index contributed by atoms with van der Waals surface area (Å²) in [6, 6.07) is 0. The van der Waals surface area contributed by atoms with Crippen molar-refractivity contribution in [1.82, 2.24) is 0 Å². The normalized spacial score (nSPS) is 6.25. The van der Waals surface area contributed by atoms with Gasteiger partial charge in [0.1, 0.15) is 0 Å². The maximum absolute atomic E-state index is 2.12. The topological polar surface area (TPSA) is 0 Å². The van der Waals surface area contributed by atoms with Crippen LogP contribution in [0.5, 0.6) is 0 Å². The van der Waals surface area contributed by atoms with E-state index in [-0.39, 0.29) is 47.9 Å². The Hall–Kier alpha value is 1.09. The first-order valence-electron chi connectivity index (χ1n) is 2.03. The first-order valence-corrected chi connectivity index (χ1v) is 2.03.